The summed E-state index contributed by atoms with van der Waals surface area (Å²) in [5, 5.41) is 8.06. The molecular weight excluding hydrogens is 198 g/mol. The summed E-state index contributed by atoms with van der Waals surface area (Å²) in [5.41, 5.74) is 3.21. The molecule has 0 unspecified atom stereocenters. The minimum absolute atomic E-state index is 0.552. The Morgan fingerprint density at radius 3 is 2.19 bits per heavy atom. The van der Waals surface area contributed by atoms with Gasteiger partial charge >= 0.3 is 0 Å². The number of hydrogen-bond donors (Lipinski definition) is 0. The Morgan fingerprint density at radius 1 is 1.00 bits per heavy atom. The highest BCUT2D eigenvalue weighted by molar-refractivity contribution is 5.57. The molecule has 16 heavy (non-hydrogen) atoms. The highest BCUT2D eigenvalue weighted by Crippen LogP contribution is 2.20. The van der Waals surface area contributed by atoms with Crippen LogP contribution in [-0.4, -0.2) is 15.2 Å². The average Bonchev–Trinajstić information content (AvgIpc) is 2.30. The molecule has 1 aromatic heterocycles. The van der Waals surface area contributed by atoms with Crippen LogP contribution in [0.5, 0.6) is 0 Å². The summed E-state index contributed by atoms with van der Waals surface area (Å²) in [6.07, 6.45) is 1.76. The zero-order chi connectivity index (χ0) is 11.5. The van der Waals surface area contributed by atoms with Gasteiger partial charge in [-0.15, -0.1) is 10.2 Å². The molecule has 2 rings (SSSR count). The fraction of sp³-hybridized carbons (Fsp3) is 0.308. The van der Waals surface area contributed by atoms with Crippen molar-refractivity contribution in [2.45, 2.75) is 26.7 Å². The molecule has 3 heteroatoms. The molecule has 0 aliphatic rings. The standard InChI is InChI=1S/C13H15N3/c1-9(2)11-4-6-12(7-5-11)13-8-14-10(3)15-16-13/h4-9H,1-3H3. The largest absolute Gasteiger partial charge is 0.237 e. The van der Waals surface area contributed by atoms with Crippen molar-refractivity contribution in [3.63, 3.8) is 0 Å². The van der Waals surface area contributed by atoms with Crippen LogP contribution in [0.2, 0.25) is 0 Å². The quantitative estimate of drug-likeness (QED) is 0.769. The van der Waals surface area contributed by atoms with Crippen molar-refractivity contribution in [1.82, 2.24) is 15.2 Å². The summed E-state index contributed by atoms with van der Waals surface area (Å²) < 4.78 is 0. The topological polar surface area (TPSA) is 38.7 Å². The van der Waals surface area contributed by atoms with E-state index < -0.39 is 0 Å². The molecule has 0 fully saturated rings. The van der Waals surface area contributed by atoms with E-state index in [-0.39, 0.29) is 0 Å². The van der Waals surface area contributed by atoms with Crippen molar-refractivity contribution in [3.8, 4) is 11.3 Å². The van der Waals surface area contributed by atoms with E-state index in [4.69, 9.17) is 0 Å². The van der Waals surface area contributed by atoms with Crippen LogP contribution in [0.4, 0.5) is 0 Å². The van der Waals surface area contributed by atoms with Gasteiger partial charge in [0.2, 0.25) is 0 Å². The first-order chi connectivity index (χ1) is 7.66. The van der Waals surface area contributed by atoms with E-state index in [1.807, 2.05) is 6.92 Å². The molecule has 82 valence electrons. The lowest BCUT2D eigenvalue weighted by atomic mass is 10.0. The van der Waals surface area contributed by atoms with E-state index in [0.29, 0.717) is 11.7 Å². The van der Waals surface area contributed by atoms with Gasteiger partial charge in [0.05, 0.1) is 6.20 Å². The molecule has 0 aliphatic heterocycles. The third-order valence-electron chi connectivity index (χ3n) is 2.55. The van der Waals surface area contributed by atoms with Crippen LogP contribution in [0.15, 0.2) is 30.5 Å². The molecule has 0 saturated heterocycles. The summed E-state index contributed by atoms with van der Waals surface area (Å²) in [4.78, 5) is 4.14. The minimum Gasteiger partial charge on any atom is -0.237 e. The van der Waals surface area contributed by atoms with Gasteiger partial charge in [-0.25, -0.2) is 4.98 Å². The highest BCUT2D eigenvalue weighted by atomic mass is 15.1. The first-order valence-corrected chi connectivity index (χ1v) is 5.43. The monoisotopic (exact) mass is 213 g/mol. The normalized spacial score (nSPS) is 10.8. The number of rotatable bonds is 2. The molecule has 0 spiro atoms. The number of aryl methyl sites for hydroxylation is 1. The van der Waals surface area contributed by atoms with Crippen LogP contribution in [0.3, 0.4) is 0 Å². The van der Waals surface area contributed by atoms with Gasteiger partial charge in [-0.3, -0.25) is 0 Å². The Labute approximate surface area is 95.6 Å². The number of nitrogens with zero attached hydrogens (tertiary/aromatic N) is 3. The first-order valence-electron chi connectivity index (χ1n) is 5.43. The Balaban J connectivity index is 2.31. The second-order valence-corrected chi connectivity index (χ2v) is 4.17. The number of hydrogen-bond acceptors (Lipinski definition) is 3. The Bertz CT molecular complexity index is 458. The lowest BCUT2D eigenvalue weighted by Crippen LogP contribution is -1.94. The van der Waals surface area contributed by atoms with Crippen LogP contribution in [0.1, 0.15) is 31.2 Å². The third kappa shape index (κ3) is 2.24. The molecule has 1 aromatic carbocycles. The smallest absolute Gasteiger partial charge is 0.147 e. The molecule has 0 amide bonds. The van der Waals surface area contributed by atoms with Crippen molar-refractivity contribution in [3.05, 3.63) is 41.9 Å². The van der Waals surface area contributed by atoms with Crippen molar-refractivity contribution in [2.24, 2.45) is 0 Å². The lowest BCUT2D eigenvalue weighted by Gasteiger charge is -2.06. The van der Waals surface area contributed by atoms with Crippen LogP contribution in [0, 0.1) is 6.92 Å². The Hall–Kier alpha value is -1.77. The zero-order valence-corrected chi connectivity index (χ0v) is 9.81. The molecule has 2 aromatic rings. The molecule has 0 N–H and O–H groups in total. The van der Waals surface area contributed by atoms with Gasteiger partial charge in [0, 0.05) is 5.56 Å². The van der Waals surface area contributed by atoms with Gasteiger partial charge < -0.3 is 0 Å². The van der Waals surface area contributed by atoms with Crippen LogP contribution in [-0.2, 0) is 0 Å². The summed E-state index contributed by atoms with van der Waals surface area (Å²) in [5.74, 6) is 1.25. The van der Waals surface area contributed by atoms with E-state index in [2.05, 4.69) is 53.3 Å². The summed E-state index contributed by atoms with van der Waals surface area (Å²) in [7, 11) is 0. The number of benzene rings is 1. The first kappa shape index (κ1) is 10.7. The van der Waals surface area contributed by atoms with Gasteiger partial charge in [-0.2, -0.15) is 0 Å². The van der Waals surface area contributed by atoms with E-state index in [1.165, 1.54) is 5.56 Å². The maximum Gasteiger partial charge on any atom is 0.147 e. The van der Waals surface area contributed by atoms with E-state index >= 15 is 0 Å². The fourth-order valence-electron chi connectivity index (χ4n) is 1.50. The Morgan fingerprint density at radius 2 is 1.69 bits per heavy atom. The average molecular weight is 213 g/mol. The van der Waals surface area contributed by atoms with E-state index in [1.54, 1.807) is 6.20 Å². The van der Waals surface area contributed by atoms with Crippen molar-refractivity contribution in [1.29, 1.82) is 0 Å². The second-order valence-electron chi connectivity index (χ2n) is 4.17. The molecule has 3 nitrogen and oxygen atoms in total. The molecule has 0 radical (unpaired) electrons. The van der Waals surface area contributed by atoms with Crippen LogP contribution >= 0.6 is 0 Å². The third-order valence-corrected chi connectivity index (χ3v) is 2.55. The van der Waals surface area contributed by atoms with Gasteiger partial charge in [-0.1, -0.05) is 38.1 Å². The summed E-state index contributed by atoms with van der Waals surface area (Å²) in [6, 6.07) is 8.38. The lowest BCUT2D eigenvalue weighted by molar-refractivity contribution is 0.866. The van der Waals surface area contributed by atoms with Crippen LogP contribution in [0.25, 0.3) is 11.3 Å². The van der Waals surface area contributed by atoms with Crippen molar-refractivity contribution in [2.75, 3.05) is 0 Å². The predicted molar refractivity (Wildman–Crippen MR) is 64.1 cm³/mol. The second kappa shape index (κ2) is 4.39. The molecule has 0 bridgehead atoms. The highest BCUT2D eigenvalue weighted by Gasteiger charge is 2.02. The van der Waals surface area contributed by atoms with Gasteiger partial charge in [0.15, 0.2) is 0 Å². The molecular formula is C13H15N3. The predicted octanol–water partition coefficient (Wildman–Crippen LogP) is 2.97. The number of aromatic nitrogens is 3. The summed E-state index contributed by atoms with van der Waals surface area (Å²) >= 11 is 0. The van der Waals surface area contributed by atoms with Gasteiger partial charge in [-0.05, 0) is 18.4 Å². The molecule has 0 saturated carbocycles. The minimum atomic E-state index is 0.552. The van der Waals surface area contributed by atoms with Crippen molar-refractivity contribution < 1.29 is 0 Å². The van der Waals surface area contributed by atoms with Crippen molar-refractivity contribution >= 4 is 0 Å². The molecule has 1 heterocycles. The summed E-state index contributed by atoms with van der Waals surface area (Å²) in [6.45, 7) is 6.20. The zero-order valence-electron chi connectivity index (χ0n) is 9.81. The van der Waals surface area contributed by atoms with Crippen LogP contribution < -0.4 is 0 Å². The maximum atomic E-state index is 4.14. The van der Waals surface area contributed by atoms with E-state index in [9.17, 15) is 0 Å². The fourth-order valence-corrected chi connectivity index (χ4v) is 1.50. The van der Waals surface area contributed by atoms with E-state index in [0.717, 1.165) is 11.3 Å². The SMILES string of the molecule is Cc1ncc(-c2ccc(C(C)C)cc2)nn1. The van der Waals surface area contributed by atoms with Gasteiger partial charge in [0.1, 0.15) is 11.5 Å². The Kier molecular flexibility index (Phi) is 2.95. The molecule has 0 atom stereocenters. The molecule has 0 aliphatic carbocycles. The maximum absolute atomic E-state index is 4.14. The van der Waals surface area contributed by atoms with Gasteiger partial charge in [0.25, 0.3) is 0 Å².